The average molecular weight is 231 g/mol. The minimum atomic E-state index is -0.277. The summed E-state index contributed by atoms with van der Waals surface area (Å²) in [6.07, 6.45) is -0.177. The van der Waals surface area contributed by atoms with Gasteiger partial charge in [-0.05, 0) is 20.8 Å². The third-order valence-electron chi connectivity index (χ3n) is 2.73. The van der Waals surface area contributed by atoms with Gasteiger partial charge in [0.1, 0.15) is 6.04 Å². The summed E-state index contributed by atoms with van der Waals surface area (Å²) >= 11 is 0. The Hall–Kier alpha value is -0.650. The van der Waals surface area contributed by atoms with Gasteiger partial charge in [0.2, 0.25) is 0 Å². The lowest BCUT2D eigenvalue weighted by molar-refractivity contribution is -0.155. The number of carbonyl (C=O) groups excluding carboxylic acids is 1. The Morgan fingerprint density at radius 2 is 2.31 bits per heavy atom. The molecule has 3 unspecified atom stereocenters. The number of carbonyl (C=O) groups is 1. The van der Waals surface area contributed by atoms with Crippen LogP contribution in [0.3, 0.4) is 0 Å². The number of morpholine rings is 1. The molecule has 1 N–H and O–H groups in total. The lowest BCUT2D eigenvalue weighted by atomic mass is 10.1. The van der Waals surface area contributed by atoms with Crippen LogP contribution in [0.5, 0.6) is 0 Å². The molecule has 16 heavy (non-hydrogen) atoms. The van der Waals surface area contributed by atoms with Crippen LogP contribution in [0.1, 0.15) is 20.8 Å². The molecule has 5 heteroatoms. The molecule has 94 valence electrons. The van der Waals surface area contributed by atoms with Crippen molar-refractivity contribution in [2.24, 2.45) is 0 Å². The molecule has 0 radical (unpaired) electrons. The molecule has 0 aromatic carbocycles. The van der Waals surface area contributed by atoms with E-state index < -0.39 is 0 Å². The molecule has 0 aromatic heterocycles. The predicted octanol–water partition coefficient (Wildman–Crippen LogP) is 0.0196. The lowest BCUT2D eigenvalue weighted by Crippen LogP contribution is -2.53. The molecule has 3 atom stereocenters. The molecular formula is C11H21NO4. The van der Waals surface area contributed by atoms with Crippen LogP contribution >= 0.6 is 0 Å². The van der Waals surface area contributed by atoms with E-state index in [1.807, 2.05) is 18.7 Å². The first kappa shape index (κ1) is 13.4. The summed E-state index contributed by atoms with van der Waals surface area (Å²) in [6.45, 7) is 7.19. The van der Waals surface area contributed by atoms with Crippen LogP contribution in [0.15, 0.2) is 0 Å². The number of rotatable bonds is 4. The maximum absolute atomic E-state index is 11.6. The molecule has 1 rings (SSSR count). The van der Waals surface area contributed by atoms with Crippen LogP contribution in [0.2, 0.25) is 0 Å². The van der Waals surface area contributed by atoms with E-state index in [1.54, 1.807) is 6.92 Å². The number of aliphatic hydroxyl groups excluding tert-OH is 1. The number of esters is 1. The number of ether oxygens (including phenoxy) is 2. The van der Waals surface area contributed by atoms with Gasteiger partial charge in [-0.2, -0.15) is 0 Å². The Morgan fingerprint density at radius 1 is 1.62 bits per heavy atom. The highest BCUT2D eigenvalue weighted by Gasteiger charge is 2.31. The predicted molar refractivity (Wildman–Crippen MR) is 59.1 cm³/mol. The topological polar surface area (TPSA) is 59.0 Å². The van der Waals surface area contributed by atoms with E-state index in [9.17, 15) is 4.79 Å². The third-order valence-corrected chi connectivity index (χ3v) is 2.73. The van der Waals surface area contributed by atoms with Crippen LogP contribution in [0.4, 0.5) is 0 Å². The summed E-state index contributed by atoms with van der Waals surface area (Å²) in [4.78, 5) is 13.6. The van der Waals surface area contributed by atoms with Gasteiger partial charge in [-0.25, -0.2) is 0 Å². The molecule has 0 aromatic rings. The smallest absolute Gasteiger partial charge is 0.323 e. The van der Waals surface area contributed by atoms with E-state index in [2.05, 4.69) is 0 Å². The molecule has 1 saturated heterocycles. The largest absolute Gasteiger partial charge is 0.465 e. The molecule has 5 nitrogen and oxygen atoms in total. The first-order chi connectivity index (χ1) is 7.58. The number of nitrogens with zero attached hydrogens (tertiary/aromatic N) is 1. The second kappa shape index (κ2) is 6.18. The Balaban J connectivity index is 2.54. The SMILES string of the molecule is CCOC(=O)C(C)N1CC(C)OC(CO)C1. The average Bonchev–Trinajstić information content (AvgIpc) is 2.27. The normalized spacial score (nSPS) is 28.8. The highest BCUT2D eigenvalue weighted by Crippen LogP contribution is 2.14. The van der Waals surface area contributed by atoms with Crippen molar-refractivity contribution in [1.82, 2.24) is 4.90 Å². The highest BCUT2D eigenvalue weighted by molar-refractivity contribution is 5.75. The zero-order valence-corrected chi connectivity index (χ0v) is 10.2. The van der Waals surface area contributed by atoms with E-state index in [1.165, 1.54) is 0 Å². The van der Waals surface area contributed by atoms with Crippen molar-refractivity contribution in [3.05, 3.63) is 0 Å². The zero-order valence-electron chi connectivity index (χ0n) is 10.2. The minimum absolute atomic E-state index is 0.0175. The van der Waals surface area contributed by atoms with Gasteiger partial charge in [-0.3, -0.25) is 9.69 Å². The van der Waals surface area contributed by atoms with E-state index in [4.69, 9.17) is 14.6 Å². The summed E-state index contributed by atoms with van der Waals surface area (Å²) < 4.78 is 10.5. The Bertz CT molecular complexity index is 234. The van der Waals surface area contributed by atoms with Gasteiger partial charge in [0.15, 0.2) is 0 Å². The minimum Gasteiger partial charge on any atom is -0.465 e. The Morgan fingerprint density at radius 3 is 2.88 bits per heavy atom. The fraction of sp³-hybridized carbons (Fsp3) is 0.909. The van der Waals surface area contributed by atoms with Crippen molar-refractivity contribution in [3.63, 3.8) is 0 Å². The molecule has 0 amide bonds. The van der Waals surface area contributed by atoms with Crippen molar-refractivity contribution in [3.8, 4) is 0 Å². The lowest BCUT2D eigenvalue weighted by Gasteiger charge is -2.38. The second-order valence-electron chi connectivity index (χ2n) is 4.13. The number of hydrogen-bond donors (Lipinski definition) is 1. The summed E-state index contributed by atoms with van der Waals surface area (Å²) in [5.41, 5.74) is 0. The van der Waals surface area contributed by atoms with Crippen molar-refractivity contribution < 1.29 is 19.4 Å². The van der Waals surface area contributed by atoms with Gasteiger partial charge >= 0.3 is 5.97 Å². The second-order valence-corrected chi connectivity index (χ2v) is 4.13. The van der Waals surface area contributed by atoms with Crippen LogP contribution in [0.25, 0.3) is 0 Å². The monoisotopic (exact) mass is 231 g/mol. The van der Waals surface area contributed by atoms with Crippen molar-refractivity contribution in [2.75, 3.05) is 26.3 Å². The van der Waals surface area contributed by atoms with Gasteiger partial charge in [-0.15, -0.1) is 0 Å². The molecule has 1 aliphatic heterocycles. The third kappa shape index (κ3) is 3.43. The van der Waals surface area contributed by atoms with Crippen LogP contribution in [-0.2, 0) is 14.3 Å². The molecular weight excluding hydrogens is 210 g/mol. The maximum Gasteiger partial charge on any atom is 0.323 e. The zero-order chi connectivity index (χ0) is 12.1. The summed E-state index contributed by atoms with van der Waals surface area (Å²) in [6, 6.07) is -0.277. The van der Waals surface area contributed by atoms with Crippen LogP contribution in [-0.4, -0.2) is 60.5 Å². The summed E-state index contributed by atoms with van der Waals surface area (Å²) in [5, 5.41) is 9.08. The van der Waals surface area contributed by atoms with Crippen LogP contribution in [0, 0.1) is 0 Å². The van der Waals surface area contributed by atoms with Gasteiger partial charge in [0.25, 0.3) is 0 Å². The summed E-state index contributed by atoms with van der Waals surface area (Å²) in [5.74, 6) is -0.215. The number of aliphatic hydroxyl groups is 1. The van der Waals surface area contributed by atoms with E-state index in [0.717, 1.165) is 0 Å². The van der Waals surface area contributed by atoms with Crippen LogP contribution < -0.4 is 0 Å². The summed E-state index contributed by atoms with van der Waals surface area (Å²) in [7, 11) is 0. The molecule has 1 fully saturated rings. The molecule has 0 aliphatic carbocycles. The van der Waals surface area contributed by atoms with E-state index >= 15 is 0 Å². The molecule has 1 heterocycles. The molecule has 0 spiro atoms. The number of hydrogen-bond acceptors (Lipinski definition) is 5. The van der Waals surface area contributed by atoms with Crippen molar-refractivity contribution in [2.45, 2.75) is 39.0 Å². The maximum atomic E-state index is 11.6. The Labute approximate surface area is 96.3 Å². The molecule has 0 bridgehead atoms. The van der Waals surface area contributed by atoms with Gasteiger partial charge < -0.3 is 14.6 Å². The van der Waals surface area contributed by atoms with Crippen molar-refractivity contribution in [1.29, 1.82) is 0 Å². The first-order valence-corrected chi connectivity index (χ1v) is 5.75. The van der Waals surface area contributed by atoms with E-state index in [0.29, 0.717) is 19.7 Å². The standard InChI is InChI=1S/C11H21NO4/c1-4-15-11(14)9(3)12-5-8(2)16-10(6-12)7-13/h8-10,13H,4-7H2,1-3H3. The fourth-order valence-electron chi connectivity index (χ4n) is 1.91. The van der Waals surface area contributed by atoms with Gasteiger partial charge in [0.05, 0.1) is 25.4 Å². The first-order valence-electron chi connectivity index (χ1n) is 5.75. The molecule has 1 aliphatic rings. The Kier molecular flexibility index (Phi) is 5.18. The fourth-order valence-corrected chi connectivity index (χ4v) is 1.91. The van der Waals surface area contributed by atoms with Gasteiger partial charge in [-0.1, -0.05) is 0 Å². The van der Waals surface area contributed by atoms with Crippen molar-refractivity contribution >= 4 is 5.97 Å². The quantitative estimate of drug-likeness (QED) is 0.691. The molecule has 0 saturated carbocycles. The van der Waals surface area contributed by atoms with E-state index in [-0.39, 0.29) is 30.8 Å². The highest BCUT2D eigenvalue weighted by atomic mass is 16.5. The van der Waals surface area contributed by atoms with Gasteiger partial charge in [0, 0.05) is 13.1 Å².